The average molecular weight is 524 g/mol. The van der Waals surface area contributed by atoms with E-state index < -0.39 is 0 Å². The third kappa shape index (κ3) is 4.21. The predicted octanol–water partition coefficient (Wildman–Crippen LogP) is 4.15. The van der Waals surface area contributed by atoms with Gasteiger partial charge in [0, 0.05) is 37.9 Å². The number of morpholine rings is 1. The third-order valence-electron chi connectivity index (χ3n) is 5.25. The van der Waals surface area contributed by atoms with Gasteiger partial charge in [0.2, 0.25) is 5.78 Å². The lowest BCUT2D eigenvalue weighted by molar-refractivity contribution is 0.0366. The minimum atomic E-state index is 0. The van der Waals surface area contributed by atoms with E-state index in [0.29, 0.717) is 0 Å². The summed E-state index contributed by atoms with van der Waals surface area (Å²) in [6.07, 6.45) is 2.05. The molecule has 0 atom stereocenters. The number of hydrogen-bond donors (Lipinski definition) is 1. The number of nitrogens with zero attached hydrogens (tertiary/aromatic N) is 4. The topological polar surface area (TPSA) is 54.9 Å². The highest BCUT2D eigenvalue weighted by Gasteiger charge is 2.16. The lowest BCUT2D eigenvalue weighted by Gasteiger charge is -2.26. The summed E-state index contributed by atoms with van der Waals surface area (Å²) < 4.78 is 9.89. The second kappa shape index (κ2) is 9.30. The Labute approximate surface area is 190 Å². The quantitative estimate of drug-likeness (QED) is 0.436. The largest absolute Gasteiger partial charge is 0.508 e. The molecule has 1 aliphatic heterocycles. The number of fused-ring (bicyclic) bond motifs is 3. The summed E-state index contributed by atoms with van der Waals surface area (Å²) in [6.45, 7) is 5.45. The second-order valence-corrected chi connectivity index (χ2v) is 6.94. The van der Waals surface area contributed by atoms with E-state index in [1.165, 1.54) is 5.52 Å². The van der Waals surface area contributed by atoms with Crippen molar-refractivity contribution < 1.29 is 9.84 Å². The van der Waals surface area contributed by atoms with Gasteiger partial charge in [-0.1, -0.05) is 24.3 Å². The summed E-state index contributed by atoms with van der Waals surface area (Å²) in [4.78, 5) is 7.33. The minimum absolute atomic E-state index is 0. The molecular weight excluding hydrogens is 500 g/mol. The molecule has 0 bridgehead atoms. The number of para-hydroxylation sites is 2. The van der Waals surface area contributed by atoms with Crippen LogP contribution in [0.4, 0.5) is 0 Å². The van der Waals surface area contributed by atoms with Gasteiger partial charge in [-0.15, -0.1) is 34.0 Å². The predicted molar refractivity (Wildman–Crippen MR) is 126 cm³/mol. The number of benzene rings is 2. The lowest BCUT2D eigenvalue weighted by atomic mass is 10.1. The molecular formula is C21H24Br2N4O2. The van der Waals surface area contributed by atoms with Crippen LogP contribution in [-0.4, -0.2) is 56.8 Å². The molecule has 0 unspecified atom stereocenters. The first-order valence-electron chi connectivity index (χ1n) is 9.35. The van der Waals surface area contributed by atoms with Crippen molar-refractivity contribution in [3.8, 4) is 17.0 Å². The summed E-state index contributed by atoms with van der Waals surface area (Å²) >= 11 is 0. The van der Waals surface area contributed by atoms with E-state index in [0.717, 1.165) is 61.9 Å². The molecule has 4 aromatic rings. The van der Waals surface area contributed by atoms with Crippen molar-refractivity contribution in [1.82, 2.24) is 18.9 Å². The van der Waals surface area contributed by atoms with E-state index >= 15 is 0 Å². The SMILES string of the molecule is Br.Br.Oc1cccc(-c2cn3c4ccccc4n(CCN4CCOCC4)c3n2)c1. The van der Waals surface area contributed by atoms with Gasteiger partial charge in [-0.25, -0.2) is 4.98 Å². The van der Waals surface area contributed by atoms with Gasteiger partial charge in [-0.3, -0.25) is 9.30 Å². The van der Waals surface area contributed by atoms with E-state index in [4.69, 9.17) is 9.72 Å². The first-order valence-corrected chi connectivity index (χ1v) is 9.35. The van der Waals surface area contributed by atoms with Crippen LogP contribution in [0.15, 0.2) is 54.7 Å². The molecule has 5 rings (SSSR count). The van der Waals surface area contributed by atoms with Gasteiger partial charge >= 0.3 is 0 Å². The highest BCUT2D eigenvalue weighted by atomic mass is 79.9. The highest BCUT2D eigenvalue weighted by Crippen LogP contribution is 2.27. The maximum Gasteiger partial charge on any atom is 0.215 e. The molecule has 0 spiro atoms. The zero-order valence-electron chi connectivity index (χ0n) is 15.9. The summed E-state index contributed by atoms with van der Waals surface area (Å²) in [5.41, 5.74) is 4.12. The molecule has 154 valence electrons. The van der Waals surface area contributed by atoms with Gasteiger partial charge in [0.05, 0.1) is 29.9 Å². The number of halogens is 2. The summed E-state index contributed by atoms with van der Waals surface area (Å²) in [7, 11) is 0. The first kappa shape index (κ1) is 21.8. The number of aromatic nitrogens is 3. The lowest BCUT2D eigenvalue weighted by Crippen LogP contribution is -2.38. The van der Waals surface area contributed by atoms with Gasteiger partial charge in [-0.05, 0) is 24.3 Å². The molecule has 2 aromatic heterocycles. The normalized spacial score (nSPS) is 14.6. The fourth-order valence-corrected chi connectivity index (χ4v) is 3.83. The van der Waals surface area contributed by atoms with Gasteiger partial charge in [0.1, 0.15) is 5.75 Å². The number of aromatic hydroxyl groups is 1. The Morgan fingerprint density at radius 2 is 1.69 bits per heavy atom. The molecule has 2 aromatic carbocycles. The van der Waals surface area contributed by atoms with Crippen LogP contribution >= 0.6 is 34.0 Å². The van der Waals surface area contributed by atoms with Gasteiger partial charge < -0.3 is 14.4 Å². The molecule has 1 fully saturated rings. The van der Waals surface area contributed by atoms with E-state index in [-0.39, 0.29) is 39.7 Å². The summed E-state index contributed by atoms with van der Waals surface area (Å²) in [6, 6.07) is 15.7. The Bertz CT molecular complexity index is 1100. The average Bonchev–Trinajstić information content (AvgIpc) is 3.25. The maximum atomic E-state index is 9.80. The van der Waals surface area contributed by atoms with Crippen molar-refractivity contribution in [2.24, 2.45) is 0 Å². The van der Waals surface area contributed by atoms with Gasteiger partial charge in [0.25, 0.3) is 0 Å². The molecule has 8 heteroatoms. The molecule has 0 aliphatic carbocycles. The molecule has 0 amide bonds. The molecule has 3 heterocycles. The van der Waals surface area contributed by atoms with Crippen molar-refractivity contribution in [3.05, 3.63) is 54.7 Å². The number of rotatable bonds is 4. The molecule has 1 aliphatic rings. The number of phenols is 1. The van der Waals surface area contributed by atoms with E-state index in [9.17, 15) is 5.11 Å². The molecule has 1 saturated heterocycles. The van der Waals surface area contributed by atoms with E-state index in [1.807, 2.05) is 12.1 Å². The van der Waals surface area contributed by atoms with Crippen molar-refractivity contribution in [2.75, 3.05) is 32.8 Å². The molecule has 6 nitrogen and oxygen atoms in total. The molecule has 0 saturated carbocycles. The van der Waals surface area contributed by atoms with Crippen LogP contribution in [-0.2, 0) is 11.3 Å². The van der Waals surface area contributed by atoms with Crippen molar-refractivity contribution in [3.63, 3.8) is 0 Å². The van der Waals surface area contributed by atoms with Crippen LogP contribution in [0.25, 0.3) is 28.1 Å². The smallest absolute Gasteiger partial charge is 0.215 e. The van der Waals surface area contributed by atoms with Crippen LogP contribution in [0.2, 0.25) is 0 Å². The fourth-order valence-electron chi connectivity index (χ4n) is 3.83. The van der Waals surface area contributed by atoms with Crippen LogP contribution in [0.3, 0.4) is 0 Å². The monoisotopic (exact) mass is 522 g/mol. The molecule has 1 N–H and O–H groups in total. The van der Waals surface area contributed by atoms with Crippen LogP contribution in [0.1, 0.15) is 0 Å². The minimum Gasteiger partial charge on any atom is -0.508 e. The Morgan fingerprint density at radius 3 is 2.45 bits per heavy atom. The highest BCUT2D eigenvalue weighted by molar-refractivity contribution is 8.93. The Kier molecular flexibility index (Phi) is 7.00. The Balaban J connectivity index is 0.00000120. The van der Waals surface area contributed by atoms with E-state index in [2.05, 4.69) is 44.3 Å². The Morgan fingerprint density at radius 1 is 0.931 bits per heavy atom. The van der Waals surface area contributed by atoms with Crippen molar-refractivity contribution in [1.29, 1.82) is 0 Å². The van der Waals surface area contributed by atoms with Crippen molar-refractivity contribution in [2.45, 2.75) is 6.54 Å². The third-order valence-corrected chi connectivity index (χ3v) is 5.25. The van der Waals surface area contributed by atoms with Gasteiger partial charge in [-0.2, -0.15) is 0 Å². The first-order chi connectivity index (χ1) is 13.3. The second-order valence-electron chi connectivity index (χ2n) is 6.94. The number of phenolic OH excluding ortho intramolecular Hbond substituents is 1. The van der Waals surface area contributed by atoms with E-state index in [1.54, 1.807) is 12.1 Å². The number of hydrogen-bond acceptors (Lipinski definition) is 4. The number of imidazole rings is 2. The van der Waals surface area contributed by atoms with Crippen LogP contribution in [0.5, 0.6) is 5.75 Å². The molecule has 29 heavy (non-hydrogen) atoms. The maximum absolute atomic E-state index is 9.80. The van der Waals surface area contributed by atoms with Crippen LogP contribution in [0, 0.1) is 0 Å². The standard InChI is InChI=1S/C21H22N4O2.2BrH/c26-17-5-3-4-16(14-17)18-15-25-20-7-2-1-6-19(20)24(21(25)22-18)9-8-23-10-12-27-13-11-23;;/h1-7,14-15,26H,8-13H2;2*1H. The Hall–Kier alpha value is -1.87. The zero-order valence-corrected chi connectivity index (χ0v) is 19.3. The zero-order chi connectivity index (χ0) is 18.2. The number of ether oxygens (including phenoxy) is 1. The van der Waals surface area contributed by atoms with Gasteiger partial charge in [0.15, 0.2) is 0 Å². The van der Waals surface area contributed by atoms with Crippen LogP contribution < -0.4 is 0 Å². The summed E-state index contributed by atoms with van der Waals surface area (Å²) in [5, 5.41) is 9.80. The summed E-state index contributed by atoms with van der Waals surface area (Å²) in [5.74, 6) is 1.19. The van der Waals surface area contributed by atoms with Crippen molar-refractivity contribution >= 4 is 50.8 Å². The fraction of sp³-hybridized carbons (Fsp3) is 0.286. The molecule has 0 radical (unpaired) electrons.